The SMILES string of the molecule is CC(=O)N[C@@H](CC(=O)OCl)C(=O)O. The van der Waals surface area contributed by atoms with Crippen molar-refractivity contribution >= 4 is 29.7 Å². The highest BCUT2D eigenvalue weighted by molar-refractivity contribution is 6.13. The molecule has 0 saturated carbocycles. The van der Waals surface area contributed by atoms with Crippen molar-refractivity contribution in [1.82, 2.24) is 5.32 Å². The summed E-state index contributed by atoms with van der Waals surface area (Å²) in [5.41, 5.74) is 0. The van der Waals surface area contributed by atoms with Crippen LogP contribution >= 0.6 is 11.9 Å². The fraction of sp³-hybridized carbons (Fsp3) is 0.500. The molecule has 1 amide bonds. The van der Waals surface area contributed by atoms with Crippen LogP contribution in [-0.4, -0.2) is 29.0 Å². The van der Waals surface area contributed by atoms with E-state index in [2.05, 4.69) is 16.2 Å². The van der Waals surface area contributed by atoms with E-state index in [1.165, 1.54) is 0 Å². The van der Waals surface area contributed by atoms with Gasteiger partial charge in [0.1, 0.15) is 17.9 Å². The van der Waals surface area contributed by atoms with Crippen molar-refractivity contribution in [3.8, 4) is 0 Å². The van der Waals surface area contributed by atoms with Gasteiger partial charge in [-0.2, -0.15) is 0 Å². The number of carboxylic acids is 1. The zero-order valence-electron chi connectivity index (χ0n) is 6.74. The molecule has 0 rings (SSSR count). The molecule has 7 heteroatoms. The monoisotopic (exact) mass is 209 g/mol. The molecule has 0 fully saturated rings. The smallest absolute Gasteiger partial charge is 0.327 e. The van der Waals surface area contributed by atoms with Crippen LogP contribution < -0.4 is 5.32 Å². The van der Waals surface area contributed by atoms with Gasteiger partial charge in [0.05, 0.1) is 6.42 Å². The van der Waals surface area contributed by atoms with E-state index in [-0.39, 0.29) is 0 Å². The largest absolute Gasteiger partial charge is 0.480 e. The fourth-order valence-corrected chi connectivity index (χ4v) is 0.707. The third kappa shape index (κ3) is 5.02. The first-order chi connectivity index (χ1) is 5.97. The summed E-state index contributed by atoms with van der Waals surface area (Å²) < 4.78 is 3.73. The second kappa shape index (κ2) is 5.36. The van der Waals surface area contributed by atoms with Crippen molar-refractivity contribution in [1.29, 1.82) is 0 Å². The van der Waals surface area contributed by atoms with Crippen molar-refractivity contribution in [3.05, 3.63) is 0 Å². The highest BCUT2D eigenvalue weighted by Gasteiger charge is 2.22. The maximum absolute atomic E-state index is 10.5. The van der Waals surface area contributed by atoms with Crippen LogP contribution in [-0.2, 0) is 18.7 Å². The Morgan fingerprint density at radius 1 is 1.54 bits per heavy atom. The Hall–Kier alpha value is -1.30. The second-order valence-electron chi connectivity index (χ2n) is 2.24. The van der Waals surface area contributed by atoms with Crippen LogP contribution in [0.5, 0.6) is 0 Å². The minimum Gasteiger partial charge on any atom is -0.480 e. The Labute approximate surface area is 79.0 Å². The third-order valence-corrected chi connectivity index (χ3v) is 1.30. The molecule has 0 aliphatic carbocycles. The number of amides is 1. The van der Waals surface area contributed by atoms with Crippen LogP contribution in [0.1, 0.15) is 13.3 Å². The predicted molar refractivity (Wildman–Crippen MR) is 41.8 cm³/mol. The average molecular weight is 210 g/mol. The third-order valence-electron chi connectivity index (χ3n) is 1.13. The number of carboxylic acid groups (broad SMARTS) is 1. The highest BCUT2D eigenvalue weighted by atomic mass is 35.5. The van der Waals surface area contributed by atoms with Gasteiger partial charge in [0.25, 0.3) is 0 Å². The average Bonchev–Trinajstić information content (AvgIpc) is 2.02. The second-order valence-corrected chi connectivity index (χ2v) is 2.40. The van der Waals surface area contributed by atoms with Crippen LogP contribution in [0.4, 0.5) is 0 Å². The summed E-state index contributed by atoms with van der Waals surface area (Å²) >= 11 is 4.68. The van der Waals surface area contributed by atoms with Crippen LogP contribution in [0.2, 0.25) is 0 Å². The van der Waals surface area contributed by atoms with E-state index in [1.807, 2.05) is 5.32 Å². The van der Waals surface area contributed by atoms with Gasteiger partial charge in [-0.25, -0.2) is 4.79 Å². The van der Waals surface area contributed by atoms with Crippen molar-refractivity contribution in [3.63, 3.8) is 0 Å². The molecular weight excluding hydrogens is 202 g/mol. The van der Waals surface area contributed by atoms with Crippen molar-refractivity contribution in [2.75, 3.05) is 0 Å². The Balaban J connectivity index is 4.18. The lowest BCUT2D eigenvalue weighted by Gasteiger charge is -2.10. The van der Waals surface area contributed by atoms with E-state index in [1.54, 1.807) is 0 Å². The summed E-state index contributed by atoms with van der Waals surface area (Å²) in [5.74, 6) is -2.78. The van der Waals surface area contributed by atoms with Crippen LogP contribution in [0.15, 0.2) is 0 Å². The summed E-state index contributed by atoms with van der Waals surface area (Å²) in [7, 11) is 0. The summed E-state index contributed by atoms with van der Waals surface area (Å²) in [6, 6.07) is -1.30. The maximum Gasteiger partial charge on any atom is 0.327 e. The number of nitrogens with one attached hydrogen (secondary N) is 1. The first-order valence-electron chi connectivity index (χ1n) is 3.28. The number of hydrogen-bond acceptors (Lipinski definition) is 4. The van der Waals surface area contributed by atoms with E-state index in [0.29, 0.717) is 0 Å². The number of rotatable bonds is 4. The first kappa shape index (κ1) is 11.7. The molecule has 0 aromatic heterocycles. The van der Waals surface area contributed by atoms with Crippen LogP contribution in [0, 0.1) is 0 Å². The number of carbonyl (C=O) groups is 3. The lowest BCUT2D eigenvalue weighted by molar-refractivity contribution is -0.145. The fourth-order valence-electron chi connectivity index (χ4n) is 0.644. The molecule has 13 heavy (non-hydrogen) atoms. The predicted octanol–water partition coefficient (Wildman–Crippen LogP) is -0.337. The Morgan fingerprint density at radius 3 is 2.38 bits per heavy atom. The highest BCUT2D eigenvalue weighted by Crippen LogP contribution is 1.97. The molecule has 0 heterocycles. The molecule has 74 valence electrons. The molecular formula is C6H8ClNO5. The molecule has 0 bridgehead atoms. The summed E-state index contributed by atoms with van der Waals surface area (Å²) in [4.78, 5) is 31.4. The van der Waals surface area contributed by atoms with Crippen molar-refractivity contribution in [2.45, 2.75) is 19.4 Å². The van der Waals surface area contributed by atoms with Gasteiger partial charge < -0.3 is 14.7 Å². The molecule has 0 radical (unpaired) electrons. The van der Waals surface area contributed by atoms with E-state index >= 15 is 0 Å². The van der Waals surface area contributed by atoms with Gasteiger partial charge in [-0.3, -0.25) is 9.59 Å². The first-order valence-corrected chi connectivity index (χ1v) is 3.59. The van der Waals surface area contributed by atoms with Crippen molar-refractivity contribution in [2.24, 2.45) is 0 Å². The normalized spacial score (nSPS) is 11.5. The molecule has 2 N–H and O–H groups in total. The number of hydrogen-bond donors (Lipinski definition) is 2. The zero-order chi connectivity index (χ0) is 10.4. The van der Waals surface area contributed by atoms with E-state index in [4.69, 9.17) is 5.11 Å². The van der Waals surface area contributed by atoms with Crippen LogP contribution in [0.3, 0.4) is 0 Å². The Morgan fingerprint density at radius 2 is 2.08 bits per heavy atom. The molecule has 0 unspecified atom stereocenters. The standard InChI is InChI=1S/C6H8ClNO5/c1-3(9)8-4(6(11)12)2-5(10)13-7/h4H,2H2,1H3,(H,8,9)(H,11,12)/t4-/m0/s1. The zero-order valence-corrected chi connectivity index (χ0v) is 7.50. The van der Waals surface area contributed by atoms with Gasteiger partial charge in [0, 0.05) is 6.92 Å². The van der Waals surface area contributed by atoms with Gasteiger partial charge in [0.15, 0.2) is 0 Å². The van der Waals surface area contributed by atoms with Gasteiger partial charge in [0.2, 0.25) is 5.91 Å². The molecule has 0 aromatic rings. The summed E-state index contributed by atoms with van der Waals surface area (Å²) in [5, 5.41) is 10.5. The lowest BCUT2D eigenvalue weighted by atomic mass is 10.2. The Kier molecular flexibility index (Phi) is 4.83. The molecule has 0 saturated heterocycles. The maximum atomic E-state index is 10.5. The summed E-state index contributed by atoms with van der Waals surface area (Å²) in [6.07, 6.45) is -0.502. The number of carbonyl (C=O) groups excluding carboxylic acids is 2. The van der Waals surface area contributed by atoms with Gasteiger partial charge in [-0.1, -0.05) is 0 Å². The molecule has 0 spiro atoms. The minimum absolute atomic E-state index is 0.502. The molecule has 0 aliphatic rings. The van der Waals surface area contributed by atoms with Gasteiger partial charge >= 0.3 is 11.9 Å². The minimum atomic E-state index is -1.32. The number of aliphatic carboxylic acids is 1. The van der Waals surface area contributed by atoms with Crippen LogP contribution in [0.25, 0.3) is 0 Å². The van der Waals surface area contributed by atoms with E-state index < -0.39 is 30.3 Å². The summed E-state index contributed by atoms with van der Waals surface area (Å²) in [6.45, 7) is 1.14. The quantitative estimate of drug-likeness (QED) is 0.661. The molecule has 1 atom stereocenters. The van der Waals surface area contributed by atoms with Crippen molar-refractivity contribution < 1.29 is 23.8 Å². The molecule has 0 aromatic carbocycles. The van der Waals surface area contributed by atoms with Gasteiger partial charge in [-0.05, 0) is 0 Å². The van der Waals surface area contributed by atoms with E-state index in [9.17, 15) is 14.4 Å². The lowest BCUT2D eigenvalue weighted by Crippen LogP contribution is -2.41. The Bertz CT molecular complexity index is 229. The van der Waals surface area contributed by atoms with Gasteiger partial charge in [-0.15, -0.1) is 0 Å². The topological polar surface area (TPSA) is 92.7 Å². The number of halogens is 1. The van der Waals surface area contributed by atoms with E-state index in [0.717, 1.165) is 6.92 Å². The molecule has 6 nitrogen and oxygen atoms in total. The molecule has 0 aliphatic heterocycles.